The van der Waals surface area contributed by atoms with Crippen LogP contribution in [0.3, 0.4) is 0 Å². The monoisotopic (exact) mass is 291 g/mol. The van der Waals surface area contributed by atoms with Gasteiger partial charge in [0.15, 0.2) is 0 Å². The summed E-state index contributed by atoms with van der Waals surface area (Å²) in [5.41, 5.74) is 0. The molecule has 0 unspecified atom stereocenters. The van der Waals surface area contributed by atoms with Gasteiger partial charge in [-0.2, -0.15) is 8.42 Å². The van der Waals surface area contributed by atoms with E-state index < -0.39 is 38.4 Å². The second-order valence-corrected chi connectivity index (χ2v) is 4.94. The highest BCUT2D eigenvalue weighted by atomic mass is 32.2. The van der Waals surface area contributed by atoms with Crippen LogP contribution < -0.4 is 4.28 Å². The highest BCUT2D eigenvalue weighted by Gasteiger charge is 2.24. The Labute approximate surface area is 106 Å². The van der Waals surface area contributed by atoms with Gasteiger partial charge in [-0.05, 0) is 12.1 Å². The number of hydrogen-bond acceptors (Lipinski definition) is 5. The van der Waals surface area contributed by atoms with E-state index in [0.29, 0.717) is 12.1 Å². The van der Waals surface area contributed by atoms with Gasteiger partial charge in [0.2, 0.25) is 11.8 Å². The molecule has 0 radical (unpaired) electrons. The van der Waals surface area contributed by atoms with E-state index in [1.54, 1.807) is 0 Å². The van der Waals surface area contributed by atoms with Crippen LogP contribution in [0.4, 0.5) is 8.78 Å². The van der Waals surface area contributed by atoms with Crippen molar-refractivity contribution in [3.05, 3.63) is 42.0 Å². The molecule has 0 fully saturated rings. The summed E-state index contributed by atoms with van der Waals surface area (Å²) in [7, 11) is -4.67. The van der Waals surface area contributed by atoms with Crippen molar-refractivity contribution in [2.45, 2.75) is 4.90 Å². The molecule has 0 aliphatic rings. The number of halogens is 2. The summed E-state index contributed by atoms with van der Waals surface area (Å²) in [6.45, 7) is 0. The maximum Gasteiger partial charge on any atom is 0.360 e. The molecule has 2 rings (SSSR count). The standard InChI is InChI=1S/C10H7F2NO5S/c11-6-1-2-8(7(12)5-6)19(16,17)18-13-9(14)3-4-10(13)15/h1-5,14-15H. The third-order valence-corrected chi connectivity index (χ3v) is 3.35. The van der Waals surface area contributed by atoms with Gasteiger partial charge in [0.1, 0.15) is 16.5 Å². The first-order valence-electron chi connectivity index (χ1n) is 4.81. The van der Waals surface area contributed by atoms with Crippen molar-refractivity contribution < 1.29 is 31.7 Å². The summed E-state index contributed by atoms with van der Waals surface area (Å²) in [5, 5.41) is 18.4. The van der Waals surface area contributed by atoms with Gasteiger partial charge in [0.25, 0.3) is 0 Å². The molecule has 0 aliphatic carbocycles. The number of rotatable bonds is 3. The molecule has 0 aliphatic heterocycles. The van der Waals surface area contributed by atoms with Crippen LogP contribution in [0.1, 0.15) is 0 Å². The molecule has 0 saturated heterocycles. The van der Waals surface area contributed by atoms with E-state index in [2.05, 4.69) is 4.28 Å². The largest absolute Gasteiger partial charge is 0.492 e. The third kappa shape index (κ3) is 2.45. The predicted molar refractivity (Wildman–Crippen MR) is 57.9 cm³/mol. The summed E-state index contributed by atoms with van der Waals surface area (Å²) >= 11 is 0. The minimum absolute atomic E-state index is 0.179. The fourth-order valence-electron chi connectivity index (χ4n) is 1.29. The van der Waals surface area contributed by atoms with E-state index in [9.17, 15) is 27.4 Å². The van der Waals surface area contributed by atoms with Gasteiger partial charge in [0, 0.05) is 18.2 Å². The van der Waals surface area contributed by atoms with Crippen LogP contribution in [0.15, 0.2) is 35.2 Å². The van der Waals surface area contributed by atoms with Crippen molar-refractivity contribution in [3.8, 4) is 11.8 Å². The van der Waals surface area contributed by atoms with Gasteiger partial charge >= 0.3 is 10.1 Å². The van der Waals surface area contributed by atoms with Crippen LogP contribution >= 0.6 is 0 Å². The number of benzene rings is 1. The predicted octanol–water partition coefficient (Wildman–Crippen LogP) is 0.995. The number of nitrogens with zero attached hydrogens (tertiary/aromatic N) is 1. The van der Waals surface area contributed by atoms with E-state index in [1.165, 1.54) is 0 Å². The van der Waals surface area contributed by atoms with Crippen LogP contribution in [0.2, 0.25) is 0 Å². The van der Waals surface area contributed by atoms with E-state index >= 15 is 0 Å². The number of hydrogen-bond donors (Lipinski definition) is 2. The molecule has 19 heavy (non-hydrogen) atoms. The zero-order valence-electron chi connectivity index (χ0n) is 9.12. The molecule has 1 aromatic carbocycles. The first kappa shape index (κ1) is 13.1. The Hall–Kier alpha value is -2.29. The van der Waals surface area contributed by atoms with Gasteiger partial charge in [-0.3, -0.25) is 4.28 Å². The zero-order chi connectivity index (χ0) is 14.2. The van der Waals surface area contributed by atoms with E-state index in [0.717, 1.165) is 18.2 Å². The second kappa shape index (κ2) is 4.43. The lowest BCUT2D eigenvalue weighted by atomic mass is 10.3. The van der Waals surface area contributed by atoms with Gasteiger partial charge in [-0.15, -0.1) is 0 Å². The molecule has 9 heteroatoms. The van der Waals surface area contributed by atoms with Crippen molar-refractivity contribution in [1.29, 1.82) is 0 Å². The molecule has 1 heterocycles. The van der Waals surface area contributed by atoms with Crippen molar-refractivity contribution in [2.24, 2.45) is 0 Å². The lowest BCUT2D eigenvalue weighted by Gasteiger charge is -2.09. The average Bonchev–Trinajstić information content (AvgIpc) is 2.60. The summed E-state index contributed by atoms with van der Waals surface area (Å²) in [5.74, 6) is -3.72. The molecular formula is C10H7F2NO5S. The van der Waals surface area contributed by atoms with Gasteiger partial charge in [-0.1, -0.05) is 4.73 Å². The topological polar surface area (TPSA) is 88.8 Å². The summed E-state index contributed by atoms with van der Waals surface area (Å²) in [6.07, 6.45) is 0. The Morgan fingerprint density at radius 2 is 1.63 bits per heavy atom. The van der Waals surface area contributed by atoms with Crippen molar-refractivity contribution >= 4 is 10.1 Å². The van der Waals surface area contributed by atoms with Crippen molar-refractivity contribution in [2.75, 3.05) is 0 Å². The molecule has 0 amide bonds. The molecule has 6 nitrogen and oxygen atoms in total. The minimum Gasteiger partial charge on any atom is -0.492 e. The maximum atomic E-state index is 13.3. The smallest absolute Gasteiger partial charge is 0.360 e. The Morgan fingerprint density at radius 3 is 2.16 bits per heavy atom. The fraction of sp³-hybridized carbons (Fsp3) is 0. The average molecular weight is 291 g/mol. The first-order valence-corrected chi connectivity index (χ1v) is 6.22. The lowest BCUT2D eigenvalue weighted by molar-refractivity contribution is 0.202. The zero-order valence-corrected chi connectivity index (χ0v) is 9.93. The highest BCUT2D eigenvalue weighted by molar-refractivity contribution is 7.87. The van der Waals surface area contributed by atoms with Crippen LogP contribution in [0.5, 0.6) is 11.8 Å². The summed E-state index contributed by atoms with van der Waals surface area (Å²) in [6, 6.07) is 3.69. The molecule has 2 N–H and O–H groups in total. The summed E-state index contributed by atoms with van der Waals surface area (Å²) < 4.78 is 54.0. The van der Waals surface area contributed by atoms with Crippen LogP contribution in [-0.2, 0) is 10.1 Å². The molecule has 0 bridgehead atoms. The SMILES string of the molecule is O=S(=O)(On1c(O)ccc1O)c1ccc(F)cc1F. The lowest BCUT2D eigenvalue weighted by Crippen LogP contribution is -2.20. The third-order valence-electron chi connectivity index (χ3n) is 2.13. The minimum atomic E-state index is -4.67. The van der Waals surface area contributed by atoms with E-state index in [1.807, 2.05) is 0 Å². The van der Waals surface area contributed by atoms with Crippen LogP contribution in [-0.4, -0.2) is 23.4 Å². The molecule has 2 aromatic rings. The molecule has 102 valence electrons. The van der Waals surface area contributed by atoms with Crippen LogP contribution in [0.25, 0.3) is 0 Å². The fourth-order valence-corrected chi connectivity index (χ4v) is 2.26. The quantitative estimate of drug-likeness (QED) is 0.880. The first-order chi connectivity index (χ1) is 8.81. The Balaban J connectivity index is 2.44. The maximum absolute atomic E-state index is 13.3. The van der Waals surface area contributed by atoms with Gasteiger partial charge < -0.3 is 10.2 Å². The Kier molecular flexibility index (Phi) is 3.06. The van der Waals surface area contributed by atoms with Crippen molar-refractivity contribution in [3.63, 3.8) is 0 Å². The Bertz CT molecular complexity index is 706. The van der Waals surface area contributed by atoms with Crippen molar-refractivity contribution in [1.82, 2.24) is 4.73 Å². The number of aromatic nitrogens is 1. The summed E-state index contributed by atoms with van der Waals surface area (Å²) in [4.78, 5) is -0.929. The highest BCUT2D eigenvalue weighted by Crippen LogP contribution is 2.22. The second-order valence-electron chi connectivity index (χ2n) is 3.45. The molecule has 0 atom stereocenters. The Morgan fingerprint density at radius 1 is 1.05 bits per heavy atom. The van der Waals surface area contributed by atoms with Gasteiger partial charge in [0.05, 0.1) is 0 Å². The van der Waals surface area contributed by atoms with Crippen LogP contribution in [0, 0.1) is 11.6 Å². The van der Waals surface area contributed by atoms with E-state index in [4.69, 9.17) is 0 Å². The van der Waals surface area contributed by atoms with E-state index in [-0.39, 0.29) is 4.73 Å². The van der Waals surface area contributed by atoms with Gasteiger partial charge in [-0.25, -0.2) is 8.78 Å². The molecule has 0 saturated carbocycles. The normalized spacial score (nSPS) is 11.5. The number of aromatic hydroxyl groups is 2. The molecule has 0 spiro atoms. The molecule has 1 aromatic heterocycles. The molecular weight excluding hydrogens is 284 g/mol.